The zero-order valence-corrected chi connectivity index (χ0v) is 9.54. The first kappa shape index (κ1) is 11.0. The highest BCUT2D eigenvalue weighted by atomic mass is 15.2. The van der Waals surface area contributed by atoms with E-state index in [0.29, 0.717) is 0 Å². The van der Waals surface area contributed by atoms with Gasteiger partial charge in [0.15, 0.2) is 0 Å². The molecule has 0 aromatic carbocycles. The monoisotopic (exact) mass is 193 g/mol. The molecular weight excluding hydrogens is 174 g/mol. The molecule has 0 aliphatic rings. The Morgan fingerprint density at radius 3 is 2.14 bits per heavy atom. The first-order valence-electron chi connectivity index (χ1n) is 5.24. The smallest absolute Gasteiger partial charge is 0.225 e. The molecule has 0 saturated heterocycles. The molecule has 0 aliphatic carbocycles. The largest absolute Gasteiger partial charge is 0.341 e. The van der Waals surface area contributed by atoms with Crippen molar-refractivity contribution in [2.45, 2.75) is 34.1 Å². The molecule has 14 heavy (non-hydrogen) atoms. The van der Waals surface area contributed by atoms with E-state index in [9.17, 15) is 0 Å². The quantitative estimate of drug-likeness (QED) is 0.735. The van der Waals surface area contributed by atoms with Crippen molar-refractivity contribution < 1.29 is 0 Å². The Morgan fingerprint density at radius 2 is 1.71 bits per heavy atom. The topological polar surface area (TPSA) is 29.0 Å². The molecule has 0 radical (unpaired) electrons. The molecule has 1 rings (SSSR count). The summed E-state index contributed by atoms with van der Waals surface area (Å²) >= 11 is 0. The highest BCUT2D eigenvalue weighted by Gasteiger charge is 2.06. The second-order valence-corrected chi connectivity index (χ2v) is 3.53. The van der Waals surface area contributed by atoms with Crippen LogP contribution in [-0.2, 0) is 0 Å². The number of nitrogens with zero attached hydrogens (tertiary/aromatic N) is 3. The van der Waals surface area contributed by atoms with Gasteiger partial charge < -0.3 is 4.90 Å². The summed E-state index contributed by atoms with van der Waals surface area (Å²) in [4.78, 5) is 11.1. The van der Waals surface area contributed by atoms with Crippen molar-refractivity contribution in [3.05, 3.63) is 17.5 Å². The van der Waals surface area contributed by atoms with Crippen molar-refractivity contribution >= 4 is 5.95 Å². The number of rotatable bonds is 4. The number of aryl methyl sites for hydroxylation is 2. The SMILES string of the molecule is CCCN(CC)c1nc(C)cc(C)n1. The maximum Gasteiger partial charge on any atom is 0.225 e. The fraction of sp³-hybridized carbons (Fsp3) is 0.636. The van der Waals surface area contributed by atoms with E-state index in [0.717, 1.165) is 36.8 Å². The van der Waals surface area contributed by atoms with Crippen molar-refractivity contribution in [1.29, 1.82) is 0 Å². The number of anilines is 1. The minimum absolute atomic E-state index is 0.867. The van der Waals surface area contributed by atoms with Gasteiger partial charge in [0.25, 0.3) is 0 Å². The Labute approximate surface area is 86.2 Å². The maximum absolute atomic E-state index is 4.44. The number of aromatic nitrogens is 2. The van der Waals surface area contributed by atoms with Gasteiger partial charge >= 0.3 is 0 Å². The van der Waals surface area contributed by atoms with Crippen molar-refractivity contribution in [2.75, 3.05) is 18.0 Å². The fourth-order valence-corrected chi connectivity index (χ4v) is 1.52. The van der Waals surface area contributed by atoms with Gasteiger partial charge in [0.2, 0.25) is 5.95 Å². The number of hydrogen-bond acceptors (Lipinski definition) is 3. The zero-order chi connectivity index (χ0) is 10.6. The van der Waals surface area contributed by atoms with Crippen LogP contribution >= 0.6 is 0 Å². The lowest BCUT2D eigenvalue weighted by atomic mass is 10.3. The molecule has 0 saturated carbocycles. The minimum atomic E-state index is 0.867. The van der Waals surface area contributed by atoms with Gasteiger partial charge in [-0.3, -0.25) is 0 Å². The summed E-state index contributed by atoms with van der Waals surface area (Å²) in [6.07, 6.45) is 1.13. The third-order valence-corrected chi connectivity index (χ3v) is 2.13. The van der Waals surface area contributed by atoms with Gasteiger partial charge in [0, 0.05) is 24.5 Å². The lowest BCUT2D eigenvalue weighted by Gasteiger charge is -2.20. The van der Waals surface area contributed by atoms with E-state index in [2.05, 4.69) is 28.7 Å². The summed E-state index contributed by atoms with van der Waals surface area (Å²) in [6, 6.07) is 2.00. The van der Waals surface area contributed by atoms with Crippen molar-refractivity contribution in [2.24, 2.45) is 0 Å². The van der Waals surface area contributed by atoms with E-state index in [1.807, 2.05) is 19.9 Å². The molecule has 0 spiro atoms. The van der Waals surface area contributed by atoms with Crippen LogP contribution in [0.2, 0.25) is 0 Å². The van der Waals surface area contributed by atoms with Crippen molar-refractivity contribution in [3.63, 3.8) is 0 Å². The molecule has 3 heteroatoms. The molecule has 0 atom stereocenters. The second-order valence-electron chi connectivity index (χ2n) is 3.53. The first-order valence-corrected chi connectivity index (χ1v) is 5.24. The van der Waals surface area contributed by atoms with Crippen LogP contribution in [0, 0.1) is 13.8 Å². The van der Waals surface area contributed by atoms with Crippen LogP contribution < -0.4 is 4.90 Å². The van der Waals surface area contributed by atoms with E-state index in [4.69, 9.17) is 0 Å². The molecule has 0 amide bonds. The van der Waals surface area contributed by atoms with Crippen LogP contribution in [0.1, 0.15) is 31.7 Å². The van der Waals surface area contributed by atoms with E-state index in [1.54, 1.807) is 0 Å². The van der Waals surface area contributed by atoms with E-state index >= 15 is 0 Å². The van der Waals surface area contributed by atoms with Gasteiger partial charge in [-0.1, -0.05) is 6.92 Å². The molecule has 1 aromatic rings. The minimum Gasteiger partial charge on any atom is -0.341 e. The average molecular weight is 193 g/mol. The summed E-state index contributed by atoms with van der Waals surface area (Å²) in [7, 11) is 0. The first-order chi connectivity index (χ1) is 6.67. The lowest BCUT2D eigenvalue weighted by Crippen LogP contribution is -2.26. The molecular formula is C11H19N3. The molecule has 3 nitrogen and oxygen atoms in total. The van der Waals surface area contributed by atoms with Gasteiger partial charge in [0.1, 0.15) is 0 Å². The molecule has 78 valence electrons. The van der Waals surface area contributed by atoms with Gasteiger partial charge in [-0.2, -0.15) is 0 Å². The van der Waals surface area contributed by atoms with Crippen LogP contribution in [0.15, 0.2) is 6.07 Å². The Morgan fingerprint density at radius 1 is 1.14 bits per heavy atom. The summed E-state index contributed by atoms with van der Waals surface area (Å²) in [5.74, 6) is 0.867. The van der Waals surface area contributed by atoms with Gasteiger partial charge in [-0.15, -0.1) is 0 Å². The molecule has 0 fully saturated rings. The van der Waals surface area contributed by atoms with Gasteiger partial charge in [0.05, 0.1) is 0 Å². The highest BCUT2D eigenvalue weighted by molar-refractivity contribution is 5.31. The van der Waals surface area contributed by atoms with Crippen LogP contribution in [0.3, 0.4) is 0 Å². The van der Waals surface area contributed by atoms with E-state index in [1.165, 1.54) is 0 Å². The summed E-state index contributed by atoms with van der Waals surface area (Å²) in [5.41, 5.74) is 2.09. The van der Waals surface area contributed by atoms with Crippen LogP contribution in [0.4, 0.5) is 5.95 Å². The van der Waals surface area contributed by atoms with Gasteiger partial charge in [-0.05, 0) is 33.3 Å². The van der Waals surface area contributed by atoms with Crippen molar-refractivity contribution in [1.82, 2.24) is 9.97 Å². The molecule has 1 aromatic heterocycles. The average Bonchev–Trinajstić information content (AvgIpc) is 2.12. The summed E-state index contributed by atoms with van der Waals surface area (Å²) < 4.78 is 0. The van der Waals surface area contributed by atoms with Crippen molar-refractivity contribution in [3.8, 4) is 0 Å². The second kappa shape index (κ2) is 4.94. The fourth-order valence-electron chi connectivity index (χ4n) is 1.52. The molecule has 0 unspecified atom stereocenters. The van der Waals surface area contributed by atoms with Crippen LogP contribution in [-0.4, -0.2) is 23.1 Å². The predicted octanol–water partition coefficient (Wildman–Crippen LogP) is 2.33. The highest BCUT2D eigenvalue weighted by Crippen LogP contribution is 2.09. The van der Waals surface area contributed by atoms with Crippen LogP contribution in [0.5, 0.6) is 0 Å². The van der Waals surface area contributed by atoms with Crippen LogP contribution in [0.25, 0.3) is 0 Å². The molecule has 0 N–H and O–H groups in total. The molecule has 0 aliphatic heterocycles. The number of hydrogen-bond donors (Lipinski definition) is 0. The molecule has 0 bridgehead atoms. The maximum atomic E-state index is 4.44. The predicted molar refractivity (Wildman–Crippen MR) is 59.7 cm³/mol. The standard InChI is InChI=1S/C11H19N3/c1-5-7-14(6-2)11-12-9(3)8-10(4)13-11/h8H,5-7H2,1-4H3. The third-order valence-electron chi connectivity index (χ3n) is 2.13. The lowest BCUT2D eigenvalue weighted by molar-refractivity contribution is 0.756. The summed E-state index contributed by atoms with van der Waals surface area (Å²) in [6.45, 7) is 10.3. The Bertz CT molecular complexity index is 276. The Kier molecular flexibility index (Phi) is 3.86. The van der Waals surface area contributed by atoms with E-state index in [-0.39, 0.29) is 0 Å². The Hall–Kier alpha value is -1.12. The molecule has 1 heterocycles. The zero-order valence-electron chi connectivity index (χ0n) is 9.54. The van der Waals surface area contributed by atoms with E-state index < -0.39 is 0 Å². The normalized spacial score (nSPS) is 10.3. The summed E-state index contributed by atoms with van der Waals surface area (Å²) in [5, 5.41) is 0. The third kappa shape index (κ3) is 2.69. The Balaban J connectivity index is 2.91. The van der Waals surface area contributed by atoms with Gasteiger partial charge in [-0.25, -0.2) is 9.97 Å².